The maximum atomic E-state index is 13.8. The molecule has 31 heavy (non-hydrogen) atoms. The average Bonchev–Trinajstić information content (AvgIpc) is 2.70. The first-order valence-corrected chi connectivity index (χ1v) is 10.2. The van der Waals surface area contributed by atoms with Crippen LogP contribution in [0.15, 0.2) is 60.7 Å². The Morgan fingerprint density at radius 1 is 1.00 bits per heavy atom. The molecule has 3 aromatic rings. The quantitative estimate of drug-likeness (QED) is 0.479. The summed E-state index contributed by atoms with van der Waals surface area (Å²) in [7, 11) is 0. The Balaban J connectivity index is 0.00000341. The molecule has 166 valence electrons. The lowest BCUT2D eigenvalue weighted by atomic mass is 10.0. The predicted octanol–water partition coefficient (Wildman–Crippen LogP) is 5.03. The largest absolute Gasteiger partial charge is 0.483 e. The lowest BCUT2D eigenvalue weighted by molar-refractivity contribution is -0.124. The number of amides is 1. The normalized spacial score (nSPS) is 11.1. The van der Waals surface area contributed by atoms with Gasteiger partial charge in [-0.25, -0.2) is 4.39 Å². The van der Waals surface area contributed by atoms with E-state index in [9.17, 15) is 9.18 Å². The van der Waals surface area contributed by atoms with Crippen molar-refractivity contribution in [3.63, 3.8) is 0 Å². The molecule has 0 aromatic heterocycles. The van der Waals surface area contributed by atoms with Crippen LogP contribution in [0.3, 0.4) is 0 Å². The molecule has 0 radical (unpaired) electrons. The highest BCUT2D eigenvalue weighted by molar-refractivity contribution is 5.88. The molecule has 0 aliphatic heterocycles. The molecular formula is C25H30ClFN2O2. The number of nitrogens with one attached hydrogen (secondary N) is 2. The molecule has 0 spiro atoms. The molecule has 4 nitrogen and oxygen atoms in total. The molecule has 6 heteroatoms. The van der Waals surface area contributed by atoms with Crippen LogP contribution < -0.4 is 15.4 Å². The van der Waals surface area contributed by atoms with Crippen LogP contribution in [0.25, 0.3) is 10.8 Å². The Bertz CT molecular complexity index is 1020. The summed E-state index contributed by atoms with van der Waals surface area (Å²) in [4.78, 5) is 12.2. The van der Waals surface area contributed by atoms with E-state index in [2.05, 4.69) is 10.6 Å². The topological polar surface area (TPSA) is 50.4 Å². The Hall–Kier alpha value is -2.63. The Morgan fingerprint density at radius 3 is 2.45 bits per heavy atom. The maximum absolute atomic E-state index is 13.8. The predicted molar refractivity (Wildman–Crippen MR) is 126 cm³/mol. The summed E-state index contributed by atoms with van der Waals surface area (Å²) in [5.41, 5.74) is 1.38. The molecule has 0 heterocycles. The van der Waals surface area contributed by atoms with Gasteiger partial charge in [-0.15, -0.1) is 12.4 Å². The van der Waals surface area contributed by atoms with Gasteiger partial charge in [-0.3, -0.25) is 4.79 Å². The van der Waals surface area contributed by atoms with Gasteiger partial charge < -0.3 is 15.4 Å². The SMILES string of the molecule is CC(C)(C)NC(=O)COc1ccc2ccccc2c1CNCCc1ccccc1F.Cl. The third-order valence-corrected chi connectivity index (χ3v) is 4.70. The minimum Gasteiger partial charge on any atom is -0.483 e. The van der Waals surface area contributed by atoms with Gasteiger partial charge >= 0.3 is 0 Å². The fourth-order valence-electron chi connectivity index (χ4n) is 3.37. The third-order valence-electron chi connectivity index (χ3n) is 4.70. The summed E-state index contributed by atoms with van der Waals surface area (Å²) < 4.78 is 19.7. The van der Waals surface area contributed by atoms with Gasteiger partial charge in [0.25, 0.3) is 5.91 Å². The molecule has 0 saturated heterocycles. The standard InChI is InChI=1S/C25H29FN2O2.ClH/c1-25(2,3)28-24(29)17-30-23-13-12-18-8-4-6-10-20(18)21(23)16-27-15-14-19-9-5-7-11-22(19)26;/h4-13,27H,14-17H2,1-3H3,(H,28,29);1H. The Morgan fingerprint density at radius 2 is 1.71 bits per heavy atom. The van der Waals surface area contributed by atoms with Crippen LogP contribution in [0.2, 0.25) is 0 Å². The number of ether oxygens (including phenoxy) is 1. The molecule has 3 aromatic carbocycles. The van der Waals surface area contributed by atoms with Gasteiger partial charge in [0.05, 0.1) is 0 Å². The molecule has 3 rings (SSSR count). The van der Waals surface area contributed by atoms with E-state index in [0.29, 0.717) is 30.8 Å². The van der Waals surface area contributed by atoms with E-state index >= 15 is 0 Å². The molecule has 0 saturated carbocycles. The smallest absolute Gasteiger partial charge is 0.258 e. The van der Waals surface area contributed by atoms with E-state index in [1.54, 1.807) is 12.1 Å². The van der Waals surface area contributed by atoms with Crippen LogP contribution in [-0.4, -0.2) is 24.6 Å². The van der Waals surface area contributed by atoms with Gasteiger partial charge in [0.2, 0.25) is 0 Å². The van der Waals surface area contributed by atoms with E-state index in [1.807, 2.05) is 63.2 Å². The highest BCUT2D eigenvalue weighted by atomic mass is 35.5. The van der Waals surface area contributed by atoms with Gasteiger partial charge in [-0.2, -0.15) is 0 Å². The van der Waals surface area contributed by atoms with Crippen LogP contribution in [0.4, 0.5) is 4.39 Å². The van der Waals surface area contributed by atoms with Crippen LogP contribution in [0, 0.1) is 5.82 Å². The lowest BCUT2D eigenvalue weighted by Gasteiger charge is -2.21. The van der Waals surface area contributed by atoms with Crippen molar-refractivity contribution in [2.75, 3.05) is 13.2 Å². The van der Waals surface area contributed by atoms with E-state index < -0.39 is 0 Å². The zero-order chi connectivity index (χ0) is 21.6. The monoisotopic (exact) mass is 444 g/mol. The number of hydrogen-bond acceptors (Lipinski definition) is 3. The summed E-state index contributed by atoms with van der Waals surface area (Å²) in [5.74, 6) is 0.337. The molecule has 0 aliphatic rings. The minimum atomic E-state index is -0.305. The van der Waals surface area contributed by atoms with Gasteiger partial charge in [0.1, 0.15) is 11.6 Å². The zero-order valence-electron chi connectivity index (χ0n) is 18.2. The van der Waals surface area contributed by atoms with Crippen molar-refractivity contribution in [3.05, 3.63) is 77.6 Å². The Labute approximate surface area is 189 Å². The summed E-state index contributed by atoms with van der Waals surface area (Å²) in [5, 5.41) is 8.48. The first-order valence-electron chi connectivity index (χ1n) is 10.2. The molecule has 0 unspecified atom stereocenters. The van der Waals surface area contributed by atoms with Crippen molar-refractivity contribution in [1.29, 1.82) is 0 Å². The number of fused-ring (bicyclic) bond motifs is 1. The van der Waals surface area contributed by atoms with Gasteiger partial charge in [-0.05, 0) is 62.2 Å². The second-order valence-corrected chi connectivity index (χ2v) is 8.37. The summed E-state index contributed by atoms with van der Waals surface area (Å²) >= 11 is 0. The number of carbonyl (C=O) groups excluding carboxylic acids is 1. The van der Waals surface area contributed by atoms with E-state index in [4.69, 9.17) is 4.74 Å². The van der Waals surface area contributed by atoms with E-state index in [-0.39, 0.29) is 36.3 Å². The summed E-state index contributed by atoms with van der Waals surface area (Å²) in [6, 6.07) is 18.8. The molecular weight excluding hydrogens is 415 g/mol. The molecule has 1 amide bonds. The van der Waals surface area contributed by atoms with Crippen molar-refractivity contribution in [3.8, 4) is 5.75 Å². The van der Waals surface area contributed by atoms with Crippen LogP contribution in [0.5, 0.6) is 5.75 Å². The number of benzene rings is 3. The summed E-state index contributed by atoms with van der Waals surface area (Å²) in [6.45, 7) is 6.96. The number of carbonyl (C=O) groups is 1. The third kappa shape index (κ3) is 7.23. The second kappa shape index (κ2) is 11.1. The minimum absolute atomic E-state index is 0. The zero-order valence-corrected chi connectivity index (χ0v) is 19.0. The average molecular weight is 445 g/mol. The van der Waals surface area contributed by atoms with Crippen molar-refractivity contribution < 1.29 is 13.9 Å². The first kappa shape index (κ1) is 24.6. The maximum Gasteiger partial charge on any atom is 0.258 e. The Kier molecular flexibility index (Phi) is 8.84. The highest BCUT2D eigenvalue weighted by Crippen LogP contribution is 2.28. The lowest BCUT2D eigenvalue weighted by Crippen LogP contribution is -2.43. The van der Waals surface area contributed by atoms with E-state index in [0.717, 1.165) is 16.3 Å². The molecule has 0 bridgehead atoms. The fourth-order valence-corrected chi connectivity index (χ4v) is 3.37. The van der Waals surface area contributed by atoms with Crippen LogP contribution in [0.1, 0.15) is 31.9 Å². The molecule has 2 N–H and O–H groups in total. The first-order chi connectivity index (χ1) is 14.3. The molecule has 0 aliphatic carbocycles. The van der Waals surface area contributed by atoms with Crippen molar-refractivity contribution in [2.24, 2.45) is 0 Å². The number of rotatable bonds is 8. The van der Waals surface area contributed by atoms with Crippen LogP contribution in [-0.2, 0) is 17.8 Å². The van der Waals surface area contributed by atoms with Gasteiger partial charge in [-0.1, -0.05) is 48.5 Å². The van der Waals surface area contributed by atoms with Crippen molar-refractivity contribution >= 4 is 29.1 Å². The van der Waals surface area contributed by atoms with Crippen molar-refractivity contribution in [1.82, 2.24) is 10.6 Å². The second-order valence-electron chi connectivity index (χ2n) is 8.37. The fraction of sp³-hybridized carbons (Fsp3) is 0.320. The highest BCUT2D eigenvalue weighted by Gasteiger charge is 2.15. The molecule has 0 atom stereocenters. The number of halogens is 2. The van der Waals surface area contributed by atoms with E-state index in [1.165, 1.54) is 6.07 Å². The van der Waals surface area contributed by atoms with Crippen LogP contribution >= 0.6 is 12.4 Å². The number of hydrogen-bond donors (Lipinski definition) is 2. The van der Waals surface area contributed by atoms with Gasteiger partial charge in [0, 0.05) is 17.6 Å². The molecule has 0 fully saturated rings. The van der Waals surface area contributed by atoms with Gasteiger partial charge in [0.15, 0.2) is 6.61 Å². The van der Waals surface area contributed by atoms with Crippen molar-refractivity contribution in [2.45, 2.75) is 39.3 Å². The summed E-state index contributed by atoms with van der Waals surface area (Å²) in [6.07, 6.45) is 0.599.